The Morgan fingerprint density at radius 1 is 0.719 bits per heavy atom. The highest BCUT2D eigenvalue weighted by atomic mass is 19.4. The summed E-state index contributed by atoms with van der Waals surface area (Å²) in [6, 6.07) is 15.4. The second kappa shape index (κ2) is 9.21. The lowest BCUT2D eigenvalue weighted by atomic mass is 10.1. The molecule has 0 spiro atoms. The van der Waals surface area contributed by atoms with Gasteiger partial charge in [-0.05, 0) is 54.6 Å². The largest absolute Gasteiger partial charge is 0.416 e. The van der Waals surface area contributed by atoms with Crippen LogP contribution in [-0.4, -0.2) is 17.8 Å². The van der Waals surface area contributed by atoms with Gasteiger partial charge in [-0.2, -0.15) is 13.2 Å². The normalized spacial score (nSPS) is 10.8. The number of nitrogens with one attached hydrogen (secondary N) is 3. The van der Waals surface area contributed by atoms with Gasteiger partial charge in [0.2, 0.25) is 0 Å². The van der Waals surface area contributed by atoms with Gasteiger partial charge >= 0.3 is 12.2 Å². The van der Waals surface area contributed by atoms with Crippen LogP contribution in [0.1, 0.15) is 26.3 Å². The topological polar surface area (TPSA) is 113 Å². The lowest BCUT2D eigenvalue weighted by Crippen LogP contribution is -2.20. The first-order valence-corrected chi connectivity index (χ1v) is 9.19. The van der Waals surface area contributed by atoms with E-state index in [0.717, 1.165) is 12.1 Å². The summed E-state index contributed by atoms with van der Waals surface area (Å²) < 4.78 is 38.7. The fourth-order valence-corrected chi connectivity index (χ4v) is 2.80. The van der Waals surface area contributed by atoms with Crippen LogP contribution in [-0.2, 0) is 6.18 Å². The van der Waals surface area contributed by atoms with Gasteiger partial charge in [0, 0.05) is 16.9 Å². The molecule has 3 aromatic rings. The summed E-state index contributed by atoms with van der Waals surface area (Å²) in [5.74, 6) is -1.23. The summed E-state index contributed by atoms with van der Waals surface area (Å²) in [6.07, 6.45) is -4.55. The zero-order valence-corrected chi connectivity index (χ0v) is 16.4. The van der Waals surface area contributed by atoms with Crippen molar-refractivity contribution in [3.63, 3.8) is 0 Å². The first-order chi connectivity index (χ1) is 15.1. The number of nitrogens with two attached hydrogens (primary N) is 1. The third kappa shape index (κ3) is 5.63. The number of carbonyl (C=O) groups excluding carboxylic acids is 3. The molecule has 0 atom stereocenters. The zero-order valence-electron chi connectivity index (χ0n) is 16.4. The highest BCUT2D eigenvalue weighted by molar-refractivity contribution is 6.12. The number of alkyl halides is 3. The molecule has 3 aromatic carbocycles. The first-order valence-electron chi connectivity index (χ1n) is 9.19. The maximum Gasteiger partial charge on any atom is 0.416 e. The number of amides is 4. The summed E-state index contributed by atoms with van der Waals surface area (Å²) in [5.41, 5.74) is 4.97. The van der Waals surface area contributed by atoms with Crippen LogP contribution < -0.4 is 21.7 Å². The van der Waals surface area contributed by atoms with Gasteiger partial charge in [-0.1, -0.05) is 18.2 Å². The van der Waals surface area contributed by atoms with Crippen LogP contribution in [0.4, 0.5) is 35.0 Å². The Labute approximate surface area is 180 Å². The molecule has 0 aliphatic carbocycles. The molecule has 7 nitrogen and oxygen atoms in total. The maximum atomic E-state index is 12.9. The number of carbonyl (C=O) groups is 3. The van der Waals surface area contributed by atoms with E-state index in [1.54, 1.807) is 12.1 Å². The summed E-state index contributed by atoms with van der Waals surface area (Å²) >= 11 is 0. The molecule has 0 saturated heterocycles. The Hall–Kier alpha value is -4.34. The molecule has 0 unspecified atom stereocenters. The molecule has 0 bridgehead atoms. The minimum absolute atomic E-state index is 0.0384. The number of urea groups is 1. The van der Waals surface area contributed by atoms with E-state index < -0.39 is 29.6 Å². The summed E-state index contributed by atoms with van der Waals surface area (Å²) in [5, 5.41) is 7.37. The van der Waals surface area contributed by atoms with E-state index in [-0.39, 0.29) is 22.5 Å². The second-order valence-electron chi connectivity index (χ2n) is 6.60. The molecule has 3 rings (SSSR count). The van der Waals surface area contributed by atoms with E-state index in [9.17, 15) is 27.6 Å². The number of hydrogen-bond acceptors (Lipinski definition) is 3. The van der Waals surface area contributed by atoms with E-state index >= 15 is 0 Å². The van der Waals surface area contributed by atoms with Gasteiger partial charge in [0.1, 0.15) is 0 Å². The molecular weight excluding hydrogens is 425 g/mol. The predicted molar refractivity (Wildman–Crippen MR) is 113 cm³/mol. The van der Waals surface area contributed by atoms with E-state index in [1.165, 1.54) is 48.5 Å². The van der Waals surface area contributed by atoms with Gasteiger partial charge in [-0.15, -0.1) is 0 Å². The van der Waals surface area contributed by atoms with Crippen molar-refractivity contribution < 1.29 is 27.6 Å². The first kappa shape index (κ1) is 22.3. The summed E-state index contributed by atoms with van der Waals surface area (Å²) in [6.45, 7) is 0. The van der Waals surface area contributed by atoms with Crippen LogP contribution >= 0.6 is 0 Å². The van der Waals surface area contributed by atoms with Crippen LogP contribution in [0.5, 0.6) is 0 Å². The maximum absolute atomic E-state index is 12.9. The van der Waals surface area contributed by atoms with Crippen LogP contribution in [0.25, 0.3) is 0 Å². The number of primary amides is 1. The molecule has 0 radical (unpaired) electrons. The summed E-state index contributed by atoms with van der Waals surface area (Å²) in [7, 11) is 0. The number of halogens is 3. The van der Waals surface area contributed by atoms with Crippen molar-refractivity contribution in [3.8, 4) is 0 Å². The van der Waals surface area contributed by atoms with Crippen LogP contribution in [0, 0.1) is 0 Å². The minimum Gasteiger partial charge on any atom is -0.351 e. The van der Waals surface area contributed by atoms with Gasteiger partial charge in [-0.3, -0.25) is 9.59 Å². The van der Waals surface area contributed by atoms with Crippen molar-refractivity contribution in [1.82, 2.24) is 0 Å². The number of benzene rings is 3. The van der Waals surface area contributed by atoms with Crippen molar-refractivity contribution in [3.05, 3.63) is 89.5 Å². The fraction of sp³-hybridized carbons (Fsp3) is 0.0455. The van der Waals surface area contributed by atoms with E-state index in [4.69, 9.17) is 5.73 Å². The van der Waals surface area contributed by atoms with Crippen LogP contribution in [0.15, 0.2) is 72.8 Å². The monoisotopic (exact) mass is 442 g/mol. The molecule has 0 saturated carbocycles. The molecule has 5 N–H and O–H groups in total. The Kier molecular flexibility index (Phi) is 6.43. The molecule has 0 heterocycles. The Bertz CT molecular complexity index is 1160. The van der Waals surface area contributed by atoms with Crippen molar-refractivity contribution in [2.24, 2.45) is 5.73 Å². The lowest BCUT2D eigenvalue weighted by Gasteiger charge is -2.13. The lowest BCUT2D eigenvalue weighted by molar-refractivity contribution is -0.137. The SMILES string of the molecule is NC(=O)Nc1ccc(C(=O)Nc2ccccc2C(=O)Nc2cccc(C(F)(F)F)c2)cc1. The number of anilines is 3. The standard InChI is InChI=1S/C22H17F3N4O3/c23-22(24,25)14-4-3-5-16(12-14)27-20(31)17-6-1-2-7-18(17)29-19(30)13-8-10-15(11-9-13)28-21(26)32/h1-12H,(H,27,31)(H,29,30)(H3,26,28,32). The number of hydrogen-bond donors (Lipinski definition) is 4. The fourth-order valence-electron chi connectivity index (χ4n) is 2.80. The van der Waals surface area contributed by atoms with Gasteiger partial charge in [-0.25, -0.2) is 4.79 Å². The molecule has 164 valence electrons. The van der Waals surface area contributed by atoms with Crippen molar-refractivity contribution in [2.45, 2.75) is 6.18 Å². The molecule has 0 fully saturated rings. The molecule has 0 aliphatic heterocycles. The second-order valence-corrected chi connectivity index (χ2v) is 6.60. The van der Waals surface area contributed by atoms with Gasteiger partial charge < -0.3 is 21.7 Å². The summed E-state index contributed by atoms with van der Waals surface area (Å²) in [4.78, 5) is 36.1. The quantitative estimate of drug-likeness (QED) is 0.459. The Balaban J connectivity index is 1.76. The van der Waals surface area contributed by atoms with Crippen LogP contribution in [0.2, 0.25) is 0 Å². The smallest absolute Gasteiger partial charge is 0.351 e. The molecule has 0 aliphatic rings. The van der Waals surface area contributed by atoms with Gasteiger partial charge in [0.15, 0.2) is 0 Å². The average Bonchev–Trinajstić information content (AvgIpc) is 2.73. The predicted octanol–water partition coefficient (Wildman–Crippen LogP) is 4.70. The van der Waals surface area contributed by atoms with Gasteiger partial charge in [0.25, 0.3) is 11.8 Å². The highest BCUT2D eigenvalue weighted by Crippen LogP contribution is 2.31. The highest BCUT2D eigenvalue weighted by Gasteiger charge is 2.30. The Morgan fingerprint density at radius 2 is 1.41 bits per heavy atom. The number of rotatable bonds is 5. The molecule has 32 heavy (non-hydrogen) atoms. The van der Waals surface area contributed by atoms with E-state index in [0.29, 0.717) is 5.69 Å². The average molecular weight is 442 g/mol. The molecule has 4 amide bonds. The third-order valence-electron chi connectivity index (χ3n) is 4.28. The molecular formula is C22H17F3N4O3. The third-order valence-corrected chi connectivity index (χ3v) is 4.28. The zero-order chi connectivity index (χ0) is 23.3. The van der Waals surface area contributed by atoms with Crippen LogP contribution in [0.3, 0.4) is 0 Å². The minimum atomic E-state index is -4.55. The van der Waals surface area contributed by atoms with Crippen molar-refractivity contribution in [1.29, 1.82) is 0 Å². The molecule has 0 aromatic heterocycles. The Morgan fingerprint density at radius 3 is 2.06 bits per heavy atom. The van der Waals surface area contributed by atoms with Crippen molar-refractivity contribution >= 4 is 34.9 Å². The van der Waals surface area contributed by atoms with Gasteiger partial charge in [0.05, 0.1) is 16.8 Å². The van der Waals surface area contributed by atoms with E-state index in [1.807, 2.05) is 0 Å². The van der Waals surface area contributed by atoms with E-state index in [2.05, 4.69) is 16.0 Å². The van der Waals surface area contributed by atoms with Crippen molar-refractivity contribution in [2.75, 3.05) is 16.0 Å². The number of para-hydroxylation sites is 1. The molecule has 10 heteroatoms.